The van der Waals surface area contributed by atoms with Gasteiger partial charge in [-0.2, -0.15) is 0 Å². The second-order valence-corrected chi connectivity index (χ2v) is 5.40. The number of carbonyl (C=O) groups excluding carboxylic acids is 2. The van der Waals surface area contributed by atoms with Gasteiger partial charge in [-0.1, -0.05) is 18.2 Å². The fourth-order valence-electron chi connectivity index (χ4n) is 2.32. The number of para-hydroxylation sites is 1. The van der Waals surface area contributed by atoms with E-state index in [9.17, 15) is 9.59 Å². The molecule has 0 aliphatic carbocycles. The molecular weight excluding hydrogens is 334 g/mol. The van der Waals surface area contributed by atoms with Gasteiger partial charge in [-0.05, 0) is 42.5 Å². The highest BCUT2D eigenvalue weighted by molar-refractivity contribution is 6.03. The Morgan fingerprint density at radius 1 is 1.00 bits per heavy atom. The molecule has 26 heavy (non-hydrogen) atoms. The lowest BCUT2D eigenvalue weighted by molar-refractivity contribution is 0.0600. The van der Waals surface area contributed by atoms with Gasteiger partial charge >= 0.3 is 5.97 Å². The van der Waals surface area contributed by atoms with Crippen LogP contribution in [0.4, 0.5) is 5.69 Å². The van der Waals surface area contributed by atoms with E-state index < -0.39 is 11.9 Å². The van der Waals surface area contributed by atoms with Crippen LogP contribution in [0.5, 0.6) is 5.75 Å². The van der Waals surface area contributed by atoms with Crippen molar-refractivity contribution in [1.82, 2.24) is 0 Å². The average Bonchev–Trinajstić information content (AvgIpc) is 3.16. The zero-order valence-electron chi connectivity index (χ0n) is 14.1. The van der Waals surface area contributed by atoms with Crippen molar-refractivity contribution in [2.75, 3.05) is 12.4 Å². The second kappa shape index (κ2) is 8.02. The number of rotatable bonds is 6. The molecular formula is C20H17NO5. The van der Waals surface area contributed by atoms with Crippen molar-refractivity contribution in [3.8, 4) is 5.75 Å². The van der Waals surface area contributed by atoms with Crippen LogP contribution in [0.2, 0.25) is 0 Å². The zero-order valence-corrected chi connectivity index (χ0v) is 14.1. The van der Waals surface area contributed by atoms with Gasteiger partial charge in [-0.15, -0.1) is 0 Å². The molecule has 2 aromatic carbocycles. The molecule has 0 fully saturated rings. The third-order valence-electron chi connectivity index (χ3n) is 3.65. The number of carbonyl (C=O) groups is 2. The van der Waals surface area contributed by atoms with E-state index in [0.717, 1.165) is 0 Å². The fraction of sp³-hybridized carbons (Fsp3) is 0.100. The molecule has 1 N–H and O–H groups in total. The molecule has 0 aliphatic rings. The van der Waals surface area contributed by atoms with Crippen molar-refractivity contribution in [2.45, 2.75) is 6.61 Å². The van der Waals surface area contributed by atoms with E-state index in [0.29, 0.717) is 22.6 Å². The maximum Gasteiger partial charge on any atom is 0.337 e. The summed E-state index contributed by atoms with van der Waals surface area (Å²) >= 11 is 0. The van der Waals surface area contributed by atoms with Crippen molar-refractivity contribution in [1.29, 1.82) is 0 Å². The maximum absolute atomic E-state index is 12.4. The maximum atomic E-state index is 12.4. The first-order valence-electron chi connectivity index (χ1n) is 7.91. The van der Waals surface area contributed by atoms with E-state index in [1.165, 1.54) is 13.4 Å². The normalized spacial score (nSPS) is 10.2. The minimum Gasteiger partial charge on any atom is -0.489 e. The number of furan rings is 1. The largest absolute Gasteiger partial charge is 0.489 e. The quantitative estimate of drug-likeness (QED) is 0.682. The monoisotopic (exact) mass is 351 g/mol. The van der Waals surface area contributed by atoms with Crippen LogP contribution < -0.4 is 10.1 Å². The van der Waals surface area contributed by atoms with Crippen LogP contribution >= 0.6 is 0 Å². The highest BCUT2D eigenvalue weighted by Crippen LogP contribution is 2.18. The predicted molar refractivity (Wildman–Crippen MR) is 95.2 cm³/mol. The summed E-state index contributed by atoms with van der Waals surface area (Å²) in [6, 6.07) is 17.4. The first kappa shape index (κ1) is 17.3. The molecule has 1 amide bonds. The highest BCUT2D eigenvalue weighted by atomic mass is 16.5. The van der Waals surface area contributed by atoms with Gasteiger partial charge in [0.25, 0.3) is 5.91 Å². The number of hydrogen-bond acceptors (Lipinski definition) is 5. The number of nitrogens with one attached hydrogen (secondary N) is 1. The average molecular weight is 351 g/mol. The first-order valence-corrected chi connectivity index (χ1v) is 7.91. The van der Waals surface area contributed by atoms with Gasteiger partial charge in [0, 0.05) is 11.3 Å². The van der Waals surface area contributed by atoms with Crippen LogP contribution in [0.3, 0.4) is 0 Å². The molecule has 6 heteroatoms. The standard InChI is InChI=1S/C20H17NO5/c1-24-20(23)14-7-9-16(10-8-14)21-19(22)18-15(11-12-25-18)13-26-17-5-3-2-4-6-17/h2-12H,13H2,1H3,(H,21,22). The summed E-state index contributed by atoms with van der Waals surface area (Å²) in [5.74, 6) is 0.0539. The summed E-state index contributed by atoms with van der Waals surface area (Å²) < 4.78 is 15.6. The molecule has 0 saturated heterocycles. The van der Waals surface area contributed by atoms with Crippen LogP contribution in [-0.2, 0) is 11.3 Å². The number of anilines is 1. The topological polar surface area (TPSA) is 77.8 Å². The van der Waals surface area contributed by atoms with Crippen molar-refractivity contribution in [3.63, 3.8) is 0 Å². The molecule has 0 bridgehead atoms. The Morgan fingerprint density at radius 2 is 1.73 bits per heavy atom. The van der Waals surface area contributed by atoms with Crippen molar-refractivity contribution in [2.24, 2.45) is 0 Å². The molecule has 6 nitrogen and oxygen atoms in total. The minimum atomic E-state index is -0.436. The van der Waals surface area contributed by atoms with E-state index in [-0.39, 0.29) is 12.4 Å². The molecule has 1 heterocycles. The molecule has 3 rings (SSSR count). The van der Waals surface area contributed by atoms with Crippen LogP contribution in [0.1, 0.15) is 26.5 Å². The Bertz CT molecular complexity index is 884. The second-order valence-electron chi connectivity index (χ2n) is 5.40. The summed E-state index contributed by atoms with van der Waals surface area (Å²) in [6.45, 7) is 0.213. The summed E-state index contributed by atoms with van der Waals surface area (Å²) in [4.78, 5) is 23.9. The third-order valence-corrected chi connectivity index (χ3v) is 3.65. The van der Waals surface area contributed by atoms with E-state index in [1.54, 1.807) is 30.3 Å². The summed E-state index contributed by atoms with van der Waals surface area (Å²) in [6.07, 6.45) is 1.44. The van der Waals surface area contributed by atoms with Crippen LogP contribution in [0.25, 0.3) is 0 Å². The number of esters is 1. The Balaban J connectivity index is 1.65. The number of methoxy groups -OCH3 is 1. The lowest BCUT2D eigenvalue weighted by atomic mass is 10.2. The van der Waals surface area contributed by atoms with Crippen molar-refractivity contribution in [3.05, 3.63) is 83.8 Å². The molecule has 3 aromatic rings. The molecule has 0 atom stereocenters. The Morgan fingerprint density at radius 3 is 2.42 bits per heavy atom. The molecule has 132 valence electrons. The van der Waals surface area contributed by atoms with E-state index >= 15 is 0 Å². The molecule has 0 spiro atoms. The third kappa shape index (κ3) is 4.10. The van der Waals surface area contributed by atoms with Gasteiger partial charge in [0.05, 0.1) is 18.9 Å². The number of hydrogen-bond donors (Lipinski definition) is 1. The number of amides is 1. The lowest BCUT2D eigenvalue weighted by Gasteiger charge is -2.07. The summed E-state index contributed by atoms with van der Waals surface area (Å²) in [7, 11) is 1.31. The molecule has 0 radical (unpaired) electrons. The zero-order chi connectivity index (χ0) is 18.4. The van der Waals surface area contributed by atoms with Crippen molar-refractivity contribution < 1.29 is 23.5 Å². The van der Waals surface area contributed by atoms with Gasteiger partial charge in [-0.3, -0.25) is 4.79 Å². The highest BCUT2D eigenvalue weighted by Gasteiger charge is 2.16. The molecule has 0 saturated carbocycles. The molecule has 0 aliphatic heterocycles. The van der Waals surface area contributed by atoms with E-state index in [1.807, 2.05) is 30.3 Å². The number of ether oxygens (including phenoxy) is 2. The Labute approximate surface area is 150 Å². The minimum absolute atomic E-state index is 0.179. The van der Waals surface area contributed by atoms with E-state index in [2.05, 4.69) is 10.1 Å². The fourth-order valence-corrected chi connectivity index (χ4v) is 2.32. The van der Waals surface area contributed by atoms with Crippen molar-refractivity contribution >= 4 is 17.6 Å². The first-order chi connectivity index (χ1) is 12.7. The van der Waals surface area contributed by atoms with Gasteiger partial charge in [-0.25, -0.2) is 4.79 Å². The molecule has 1 aromatic heterocycles. The van der Waals surface area contributed by atoms with Gasteiger partial charge < -0.3 is 19.2 Å². The van der Waals surface area contributed by atoms with Crippen LogP contribution in [0.15, 0.2) is 71.3 Å². The SMILES string of the molecule is COC(=O)c1ccc(NC(=O)c2occc2COc2ccccc2)cc1. The Hall–Kier alpha value is -3.54. The number of benzene rings is 2. The van der Waals surface area contributed by atoms with E-state index in [4.69, 9.17) is 9.15 Å². The van der Waals surface area contributed by atoms with Crippen LogP contribution in [-0.4, -0.2) is 19.0 Å². The van der Waals surface area contributed by atoms with Gasteiger partial charge in [0.1, 0.15) is 12.4 Å². The molecule has 0 unspecified atom stereocenters. The van der Waals surface area contributed by atoms with Gasteiger partial charge in [0.2, 0.25) is 0 Å². The van der Waals surface area contributed by atoms with Crippen LogP contribution in [0, 0.1) is 0 Å². The summed E-state index contributed by atoms with van der Waals surface area (Å²) in [5, 5.41) is 2.73. The smallest absolute Gasteiger partial charge is 0.337 e. The predicted octanol–water partition coefficient (Wildman–Crippen LogP) is 3.90. The summed E-state index contributed by atoms with van der Waals surface area (Å²) in [5.41, 5.74) is 1.58. The Kier molecular flexibility index (Phi) is 5.34. The van der Waals surface area contributed by atoms with Gasteiger partial charge in [0.15, 0.2) is 5.76 Å². The lowest BCUT2D eigenvalue weighted by Crippen LogP contribution is -2.14.